The van der Waals surface area contributed by atoms with Crippen molar-refractivity contribution in [3.63, 3.8) is 0 Å². The lowest BCUT2D eigenvalue weighted by Gasteiger charge is -2.02. The molecule has 0 saturated carbocycles. The molecule has 1 aromatic heterocycles. The fourth-order valence-corrected chi connectivity index (χ4v) is 2.26. The highest BCUT2D eigenvalue weighted by molar-refractivity contribution is 7.11. The maximum Gasteiger partial charge on any atom is 0.277 e. The molecule has 0 aliphatic heterocycles. The molecule has 1 aromatic carbocycles. The number of halogens is 1. The summed E-state index contributed by atoms with van der Waals surface area (Å²) in [5.41, 5.74) is 6.46. The highest BCUT2D eigenvalue weighted by atomic mass is 35.5. The molecule has 4 nitrogen and oxygen atoms in total. The SMILES string of the molecule is NC(=O)c1nc(Cc2cc(Cl)ccc2O)cs1. The largest absolute Gasteiger partial charge is 0.508 e. The van der Waals surface area contributed by atoms with Gasteiger partial charge in [0, 0.05) is 22.4 Å². The highest BCUT2D eigenvalue weighted by Crippen LogP contribution is 2.24. The number of hydrogen-bond donors (Lipinski definition) is 2. The molecule has 0 radical (unpaired) electrons. The van der Waals surface area contributed by atoms with E-state index in [9.17, 15) is 9.90 Å². The lowest BCUT2D eigenvalue weighted by molar-refractivity contribution is 0.1000. The summed E-state index contributed by atoms with van der Waals surface area (Å²) in [7, 11) is 0. The van der Waals surface area contributed by atoms with E-state index in [1.54, 1.807) is 17.5 Å². The Kier molecular flexibility index (Phi) is 3.31. The Morgan fingerprint density at radius 3 is 2.94 bits per heavy atom. The van der Waals surface area contributed by atoms with Crippen molar-refractivity contribution < 1.29 is 9.90 Å². The van der Waals surface area contributed by atoms with Crippen LogP contribution in [0.15, 0.2) is 23.6 Å². The minimum Gasteiger partial charge on any atom is -0.508 e. The quantitative estimate of drug-likeness (QED) is 0.896. The zero-order valence-electron chi connectivity index (χ0n) is 8.68. The third kappa shape index (κ3) is 2.75. The van der Waals surface area contributed by atoms with Gasteiger partial charge in [0.15, 0.2) is 5.01 Å². The molecule has 0 bridgehead atoms. The fraction of sp³-hybridized carbons (Fsp3) is 0.0909. The molecular formula is C11H9ClN2O2S. The van der Waals surface area contributed by atoms with Crippen LogP contribution in [0.25, 0.3) is 0 Å². The first-order valence-electron chi connectivity index (χ1n) is 4.78. The van der Waals surface area contributed by atoms with Crippen LogP contribution in [0.2, 0.25) is 5.02 Å². The second-order valence-corrected chi connectivity index (χ2v) is 4.75. The Bertz CT molecular complexity index is 568. The number of carbonyl (C=O) groups excluding carboxylic acids is 1. The average Bonchev–Trinajstić information content (AvgIpc) is 2.72. The summed E-state index contributed by atoms with van der Waals surface area (Å²) in [5.74, 6) is -0.389. The van der Waals surface area contributed by atoms with Crippen molar-refractivity contribution in [1.82, 2.24) is 4.98 Å². The summed E-state index contributed by atoms with van der Waals surface area (Å²) in [6.07, 6.45) is 0.413. The Balaban J connectivity index is 2.25. The summed E-state index contributed by atoms with van der Waals surface area (Å²) in [6, 6.07) is 4.80. The first-order valence-corrected chi connectivity index (χ1v) is 6.03. The highest BCUT2D eigenvalue weighted by Gasteiger charge is 2.09. The maximum absolute atomic E-state index is 10.9. The van der Waals surface area contributed by atoms with E-state index in [0.717, 1.165) is 0 Å². The lowest BCUT2D eigenvalue weighted by Crippen LogP contribution is -2.10. The molecule has 2 aromatic rings. The first kappa shape index (κ1) is 11.9. The third-order valence-corrected chi connectivity index (χ3v) is 3.32. The molecule has 0 aliphatic rings. The van der Waals surface area contributed by atoms with Gasteiger partial charge in [-0.25, -0.2) is 4.98 Å². The minimum atomic E-state index is -0.545. The summed E-state index contributed by atoms with van der Waals surface area (Å²) < 4.78 is 0. The molecule has 0 spiro atoms. The van der Waals surface area contributed by atoms with Crippen molar-refractivity contribution in [2.45, 2.75) is 6.42 Å². The van der Waals surface area contributed by atoms with Crippen LogP contribution < -0.4 is 5.73 Å². The molecular weight excluding hydrogens is 260 g/mol. The van der Waals surface area contributed by atoms with Crippen molar-refractivity contribution in [3.8, 4) is 5.75 Å². The van der Waals surface area contributed by atoms with Crippen molar-refractivity contribution in [3.05, 3.63) is 44.9 Å². The number of carbonyl (C=O) groups is 1. The molecule has 6 heteroatoms. The second kappa shape index (κ2) is 4.73. The number of rotatable bonds is 3. The van der Waals surface area contributed by atoms with Gasteiger partial charge in [0.1, 0.15) is 5.75 Å². The Labute approximate surface area is 107 Å². The molecule has 17 heavy (non-hydrogen) atoms. The van der Waals surface area contributed by atoms with Gasteiger partial charge in [0.05, 0.1) is 5.69 Å². The first-order chi connectivity index (χ1) is 8.06. The number of aromatic nitrogens is 1. The minimum absolute atomic E-state index is 0.156. The van der Waals surface area contributed by atoms with E-state index >= 15 is 0 Å². The van der Waals surface area contributed by atoms with E-state index in [2.05, 4.69) is 4.98 Å². The monoisotopic (exact) mass is 268 g/mol. The number of aromatic hydroxyl groups is 1. The third-order valence-electron chi connectivity index (χ3n) is 2.18. The number of nitrogens with zero attached hydrogens (tertiary/aromatic N) is 1. The van der Waals surface area contributed by atoms with Gasteiger partial charge < -0.3 is 10.8 Å². The molecule has 88 valence electrons. The Morgan fingerprint density at radius 1 is 1.53 bits per heavy atom. The molecule has 0 unspecified atom stereocenters. The predicted octanol–water partition coefficient (Wildman–Crippen LogP) is 2.19. The normalized spacial score (nSPS) is 10.4. The smallest absolute Gasteiger partial charge is 0.277 e. The standard InChI is InChI=1S/C11H9ClN2O2S/c12-7-1-2-9(15)6(3-7)4-8-5-17-11(14-8)10(13)16/h1-3,5,15H,4H2,(H2,13,16). The van der Waals surface area contributed by atoms with Crippen LogP contribution in [-0.4, -0.2) is 16.0 Å². The van der Waals surface area contributed by atoms with Crippen molar-refractivity contribution in [2.24, 2.45) is 5.73 Å². The van der Waals surface area contributed by atoms with Crippen LogP contribution in [0, 0.1) is 0 Å². The topological polar surface area (TPSA) is 76.2 Å². The van der Waals surface area contributed by atoms with E-state index < -0.39 is 5.91 Å². The zero-order valence-corrected chi connectivity index (χ0v) is 10.3. The fourth-order valence-electron chi connectivity index (χ4n) is 1.39. The number of amides is 1. The zero-order chi connectivity index (χ0) is 12.4. The average molecular weight is 269 g/mol. The number of primary amides is 1. The second-order valence-electron chi connectivity index (χ2n) is 3.46. The Morgan fingerprint density at radius 2 is 2.29 bits per heavy atom. The molecule has 0 aliphatic carbocycles. The number of hydrogen-bond acceptors (Lipinski definition) is 4. The van der Waals surface area contributed by atoms with Gasteiger partial charge in [-0.05, 0) is 18.2 Å². The molecule has 0 fully saturated rings. The van der Waals surface area contributed by atoms with Crippen molar-refractivity contribution in [2.75, 3.05) is 0 Å². The van der Waals surface area contributed by atoms with Crippen LogP contribution >= 0.6 is 22.9 Å². The number of nitrogens with two attached hydrogens (primary N) is 1. The van der Waals surface area contributed by atoms with Crippen LogP contribution in [0.4, 0.5) is 0 Å². The van der Waals surface area contributed by atoms with Gasteiger partial charge in [-0.2, -0.15) is 0 Å². The van der Waals surface area contributed by atoms with Gasteiger partial charge in [-0.3, -0.25) is 4.79 Å². The van der Waals surface area contributed by atoms with Gasteiger partial charge in [0.2, 0.25) is 0 Å². The van der Waals surface area contributed by atoms with Crippen LogP contribution in [0.1, 0.15) is 21.1 Å². The number of thiazole rings is 1. The molecule has 3 N–H and O–H groups in total. The molecule has 0 atom stereocenters. The van der Waals surface area contributed by atoms with E-state index in [1.165, 1.54) is 17.4 Å². The summed E-state index contributed by atoms with van der Waals surface area (Å²) in [5, 5.41) is 12.2. The van der Waals surface area contributed by atoms with Crippen LogP contribution in [0.3, 0.4) is 0 Å². The Hall–Kier alpha value is -1.59. The molecule has 1 heterocycles. The number of benzene rings is 1. The maximum atomic E-state index is 10.9. The van der Waals surface area contributed by atoms with Crippen LogP contribution in [0.5, 0.6) is 5.75 Å². The van der Waals surface area contributed by atoms with E-state index in [4.69, 9.17) is 17.3 Å². The van der Waals surface area contributed by atoms with E-state index in [0.29, 0.717) is 22.7 Å². The van der Waals surface area contributed by atoms with E-state index in [1.807, 2.05) is 0 Å². The molecule has 2 rings (SSSR count). The van der Waals surface area contributed by atoms with Crippen LogP contribution in [-0.2, 0) is 6.42 Å². The lowest BCUT2D eigenvalue weighted by atomic mass is 10.1. The number of phenols is 1. The summed E-state index contributed by atoms with van der Waals surface area (Å²) >= 11 is 7.02. The van der Waals surface area contributed by atoms with Gasteiger partial charge in [-0.1, -0.05) is 11.6 Å². The van der Waals surface area contributed by atoms with Gasteiger partial charge in [0.25, 0.3) is 5.91 Å². The van der Waals surface area contributed by atoms with Gasteiger partial charge >= 0.3 is 0 Å². The molecule has 0 saturated heterocycles. The predicted molar refractivity (Wildman–Crippen MR) is 66.6 cm³/mol. The summed E-state index contributed by atoms with van der Waals surface area (Å²) in [4.78, 5) is 15.0. The summed E-state index contributed by atoms with van der Waals surface area (Å²) in [6.45, 7) is 0. The van der Waals surface area contributed by atoms with Crippen molar-refractivity contribution >= 4 is 28.8 Å². The van der Waals surface area contributed by atoms with Gasteiger partial charge in [-0.15, -0.1) is 11.3 Å². The van der Waals surface area contributed by atoms with Crippen molar-refractivity contribution in [1.29, 1.82) is 0 Å². The van der Waals surface area contributed by atoms with E-state index in [-0.39, 0.29) is 10.8 Å². The number of phenolic OH excluding ortho intramolecular Hbond substituents is 1. The molecule has 1 amide bonds.